The van der Waals surface area contributed by atoms with Crippen LogP contribution in [0.15, 0.2) is 6.07 Å². The molecule has 1 atom stereocenters. The zero-order valence-electron chi connectivity index (χ0n) is 12.9. The van der Waals surface area contributed by atoms with E-state index in [0.29, 0.717) is 26.3 Å². The van der Waals surface area contributed by atoms with Crippen molar-refractivity contribution >= 4 is 6.03 Å². The molecule has 1 heterocycles. The molecule has 0 aliphatic carbocycles. The highest BCUT2D eigenvalue weighted by Crippen LogP contribution is 2.02. The van der Waals surface area contributed by atoms with Crippen molar-refractivity contribution in [1.29, 1.82) is 0 Å². The normalized spacial score (nSPS) is 12.2. The summed E-state index contributed by atoms with van der Waals surface area (Å²) in [6.45, 7) is 10.6. The third-order valence-corrected chi connectivity index (χ3v) is 2.88. The quantitative estimate of drug-likeness (QED) is 0.712. The number of nitrogens with one attached hydrogen (secondary N) is 2. The van der Waals surface area contributed by atoms with E-state index in [4.69, 9.17) is 4.74 Å². The van der Waals surface area contributed by atoms with Gasteiger partial charge in [0.05, 0.1) is 12.2 Å². The summed E-state index contributed by atoms with van der Waals surface area (Å²) in [5.41, 5.74) is 2.10. The first-order valence-electron chi connectivity index (χ1n) is 7.16. The first-order chi connectivity index (χ1) is 9.52. The third-order valence-electron chi connectivity index (χ3n) is 2.88. The first kappa shape index (κ1) is 16.5. The lowest BCUT2D eigenvalue weighted by Gasteiger charge is -2.15. The van der Waals surface area contributed by atoms with Gasteiger partial charge in [0.2, 0.25) is 0 Å². The average molecular weight is 282 g/mol. The van der Waals surface area contributed by atoms with Crippen molar-refractivity contribution in [3.8, 4) is 0 Å². The molecule has 0 fully saturated rings. The Labute approximate surface area is 120 Å². The number of aromatic nitrogens is 2. The summed E-state index contributed by atoms with van der Waals surface area (Å²) in [5, 5.41) is 10.1. The highest BCUT2D eigenvalue weighted by atomic mass is 16.5. The van der Waals surface area contributed by atoms with Gasteiger partial charge in [0.1, 0.15) is 0 Å². The van der Waals surface area contributed by atoms with E-state index >= 15 is 0 Å². The number of urea groups is 1. The molecule has 6 nitrogen and oxygen atoms in total. The summed E-state index contributed by atoms with van der Waals surface area (Å²) in [5.74, 6) is 0. The van der Waals surface area contributed by atoms with Crippen LogP contribution >= 0.6 is 0 Å². The van der Waals surface area contributed by atoms with Crippen molar-refractivity contribution in [3.05, 3.63) is 17.5 Å². The van der Waals surface area contributed by atoms with Crippen LogP contribution in [-0.4, -0.2) is 41.6 Å². The minimum Gasteiger partial charge on any atom is -0.382 e. The Hall–Kier alpha value is -1.56. The first-order valence-corrected chi connectivity index (χ1v) is 7.16. The van der Waals surface area contributed by atoms with Gasteiger partial charge in [-0.3, -0.25) is 4.68 Å². The molecule has 2 amide bonds. The Bertz CT molecular complexity index is 417. The van der Waals surface area contributed by atoms with E-state index in [1.165, 1.54) is 0 Å². The monoisotopic (exact) mass is 282 g/mol. The van der Waals surface area contributed by atoms with Crippen molar-refractivity contribution in [3.63, 3.8) is 0 Å². The molecule has 0 aliphatic rings. The molecular weight excluding hydrogens is 256 g/mol. The molecule has 0 saturated heterocycles. The fourth-order valence-electron chi connectivity index (χ4n) is 1.96. The van der Waals surface area contributed by atoms with Crippen molar-refractivity contribution < 1.29 is 9.53 Å². The molecule has 0 aliphatic heterocycles. The van der Waals surface area contributed by atoms with Gasteiger partial charge >= 0.3 is 6.03 Å². The van der Waals surface area contributed by atoms with E-state index < -0.39 is 0 Å². The van der Waals surface area contributed by atoms with Crippen LogP contribution in [-0.2, 0) is 11.3 Å². The summed E-state index contributed by atoms with van der Waals surface area (Å²) in [6.07, 6.45) is 0.826. The van der Waals surface area contributed by atoms with E-state index in [1.54, 1.807) is 0 Å². The van der Waals surface area contributed by atoms with Crippen LogP contribution in [0.1, 0.15) is 31.7 Å². The molecule has 1 rings (SSSR count). The van der Waals surface area contributed by atoms with Crippen molar-refractivity contribution in [2.75, 3.05) is 19.8 Å². The Kier molecular flexibility index (Phi) is 7.08. The van der Waals surface area contributed by atoms with Crippen molar-refractivity contribution in [2.45, 2.75) is 46.7 Å². The predicted octanol–water partition coefficient (Wildman–Crippen LogP) is 1.61. The Morgan fingerprint density at radius 3 is 2.85 bits per heavy atom. The molecule has 114 valence electrons. The highest BCUT2D eigenvalue weighted by Gasteiger charge is 2.09. The smallest absolute Gasteiger partial charge is 0.315 e. The number of ether oxygens (including phenoxy) is 1. The number of aryl methyl sites for hydroxylation is 2. The van der Waals surface area contributed by atoms with Gasteiger partial charge in [0.25, 0.3) is 0 Å². The SMILES string of the molecule is CCOCCCNC(=O)NC(C)Cn1nc(C)cc1C. The zero-order chi connectivity index (χ0) is 15.0. The molecule has 6 heteroatoms. The fourth-order valence-corrected chi connectivity index (χ4v) is 1.96. The van der Waals surface area contributed by atoms with E-state index in [1.807, 2.05) is 38.4 Å². The molecule has 1 aromatic heterocycles. The lowest BCUT2D eigenvalue weighted by molar-refractivity contribution is 0.145. The van der Waals surface area contributed by atoms with Crippen LogP contribution in [0.2, 0.25) is 0 Å². The lowest BCUT2D eigenvalue weighted by Crippen LogP contribution is -2.43. The van der Waals surface area contributed by atoms with Crippen molar-refractivity contribution in [2.24, 2.45) is 0 Å². The van der Waals surface area contributed by atoms with Gasteiger partial charge in [-0.1, -0.05) is 0 Å². The van der Waals surface area contributed by atoms with Crippen LogP contribution in [0.4, 0.5) is 4.79 Å². The number of carbonyl (C=O) groups is 1. The van der Waals surface area contributed by atoms with Gasteiger partial charge in [0.15, 0.2) is 0 Å². The van der Waals surface area contributed by atoms with Crippen molar-refractivity contribution in [1.82, 2.24) is 20.4 Å². The molecule has 0 radical (unpaired) electrons. The predicted molar refractivity (Wildman–Crippen MR) is 78.8 cm³/mol. The Morgan fingerprint density at radius 1 is 1.50 bits per heavy atom. The lowest BCUT2D eigenvalue weighted by atomic mass is 10.3. The summed E-state index contributed by atoms with van der Waals surface area (Å²) in [4.78, 5) is 11.7. The van der Waals surface area contributed by atoms with E-state index in [2.05, 4.69) is 15.7 Å². The van der Waals surface area contributed by atoms with Gasteiger partial charge in [0, 0.05) is 31.5 Å². The van der Waals surface area contributed by atoms with Crippen LogP contribution in [0.5, 0.6) is 0 Å². The van der Waals surface area contributed by atoms with Gasteiger partial charge < -0.3 is 15.4 Å². The molecule has 0 bridgehead atoms. The molecule has 20 heavy (non-hydrogen) atoms. The fraction of sp³-hybridized carbons (Fsp3) is 0.714. The highest BCUT2D eigenvalue weighted by molar-refractivity contribution is 5.74. The second-order valence-electron chi connectivity index (χ2n) is 4.96. The van der Waals surface area contributed by atoms with E-state index in [0.717, 1.165) is 17.8 Å². The van der Waals surface area contributed by atoms with Gasteiger partial charge in [-0.25, -0.2) is 4.79 Å². The molecule has 1 aromatic rings. The number of hydrogen-bond acceptors (Lipinski definition) is 3. The summed E-state index contributed by atoms with van der Waals surface area (Å²) < 4.78 is 7.12. The molecule has 0 saturated carbocycles. The number of rotatable bonds is 8. The number of carbonyl (C=O) groups excluding carboxylic acids is 1. The molecular formula is C14H26N4O2. The minimum absolute atomic E-state index is 0.0277. The van der Waals surface area contributed by atoms with Crippen LogP contribution in [0, 0.1) is 13.8 Å². The van der Waals surface area contributed by atoms with Crippen LogP contribution in [0.25, 0.3) is 0 Å². The number of amides is 2. The number of hydrogen-bond donors (Lipinski definition) is 2. The summed E-state index contributed by atoms with van der Waals surface area (Å²) in [7, 11) is 0. The van der Waals surface area contributed by atoms with E-state index in [9.17, 15) is 4.79 Å². The van der Waals surface area contributed by atoms with Gasteiger partial charge in [-0.15, -0.1) is 0 Å². The van der Waals surface area contributed by atoms with Crippen LogP contribution in [0.3, 0.4) is 0 Å². The molecule has 0 aromatic carbocycles. The second-order valence-corrected chi connectivity index (χ2v) is 4.96. The molecule has 2 N–H and O–H groups in total. The Balaban J connectivity index is 2.22. The van der Waals surface area contributed by atoms with E-state index in [-0.39, 0.29) is 12.1 Å². The standard InChI is InChI=1S/C14H26N4O2/c1-5-20-8-6-7-15-14(19)16-12(3)10-18-13(4)9-11(2)17-18/h9,12H,5-8,10H2,1-4H3,(H2,15,16,19). The molecule has 0 spiro atoms. The summed E-state index contributed by atoms with van der Waals surface area (Å²) >= 11 is 0. The minimum atomic E-state index is -0.143. The maximum Gasteiger partial charge on any atom is 0.315 e. The van der Waals surface area contributed by atoms with Crippen LogP contribution < -0.4 is 10.6 Å². The zero-order valence-corrected chi connectivity index (χ0v) is 12.9. The maximum absolute atomic E-state index is 11.7. The van der Waals surface area contributed by atoms with Gasteiger partial charge in [-0.2, -0.15) is 5.10 Å². The third kappa shape index (κ3) is 6.06. The topological polar surface area (TPSA) is 68.2 Å². The largest absolute Gasteiger partial charge is 0.382 e. The number of nitrogens with zero attached hydrogens (tertiary/aromatic N) is 2. The second kappa shape index (κ2) is 8.58. The molecule has 1 unspecified atom stereocenters. The van der Waals surface area contributed by atoms with Gasteiger partial charge in [-0.05, 0) is 40.2 Å². The Morgan fingerprint density at radius 2 is 2.25 bits per heavy atom. The average Bonchev–Trinajstić information content (AvgIpc) is 2.67. The maximum atomic E-state index is 11.7. The summed E-state index contributed by atoms with van der Waals surface area (Å²) in [6, 6.07) is 1.91.